The van der Waals surface area contributed by atoms with Crippen molar-refractivity contribution in [1.29, 1.82) is 0 Å². The zero-order valence-electron chi connectivity index (χ0n) is 9.71. The first-order valence-corrected chi connectivity index (χ1v) is 6.97. The van der Waals surface area contributed by atoms with Crippen LogP contribution >= 0.6 is 31.9 Å². The first-order valence-electron chi connectivity index (χ1n) is 5.38. The lowest BCUT2D eigenvalue weighted by Gasteiger charge is -2.10. The molecule has 2 aromatic carbocycles. The van der Waals surface area contributed by atoms with Gasteiger partial charge in [0.1, 0.15) is 18.2 Å². The minimum absolute atomic E-state index is 0.268. The van der Waals surface area contributed by atoms with Crippen LogP contribution in [0.1, 0.15) is 11.1 Å². The van der Waals surface area contributed by atoms with E-state index in [1.807, 2.05) is 31.2 Å². The predicted octanol–water partition coefficient (Wildman–Crippen LogP) is 5.24. The fourth-order valence-electron chi connectivity index (χ4n) is 1.63. The molecule has 0 aliphatic rings. The number of rotatable bonds is 3. The molecule has 4 heteroatoms. The largest absolute Gasteiger partial charge is 0.489 e. The minimum Gasteiger partial charge on any atom is -0.489 e. The summed E-state index contributed by atoms with van der Waals surface area (Å²) in [6.45, 7) is 2.32. The molecule has 0 bridgehead atoms. The molecule has 0 amide bonds. The van der Waals surface area contributed by atoms with Gasteiger partial charge in [-0.2, -0.15) is 0 Å². The molecule has 0 saturated carbocycles. The second kappa shape index (κ2) is 5.85. The van der Waals surface area contributed by atoms with Gasteiger partial charge in [0, 0.05) is 8.95 Å². The van der Waals surface area contributed by atoms with E-state index in [1.165, 1.54) is 12.1 Å². The van der Waals surface area contributed by atoms with Crippen LogP contribution in [0.3, 0.4) is 0 Å². The normalized spacial score (nSPS) is 10.4. The lowest BCUT2D eigenvalue weighted by molar-refractivity contribution is 0.303. The third-order valence-electron chi connectivity index (χ3n) is 2.45. The van der Waals surface area contributed by atoms with Crippen LogP contribution in [0.2, 0.25) is 0 Å². The average Bonchev–Trinajstić information content (AvgIpc) is 2.26. The van der Waals surface area contributed by atoms with E-state index in [0.717, 1.165) is 21.3 Å². The van der Waals surface area contributed by atoms with Crippen molar-refractivity contribution in [3.8, 4) is 5.75 Å². The van der Waals surface area contributed by atoms with Crippen molar-refractivity contribution in [1.82, 2.24) is 0 Å². The van der Waals surface area contributed by atoms with E-state index in [2.05, 4.69) is 31.9 Å². The van der Waals surface area contributed by atoms with Gasteiger partial charge in [-0.25, -0.2) is 4.39 Å². The standard InChI is InChI=1S/C14H11Br2FO/c1-9-4-11(15)2-3-14(9)18-8-10-5-12(16)7-13(17)6-10/h2-7H,8H2,1H3. The van der Waals surface area contributed by atoms with Gasteiger partial charge in [-0.1, -0.05) is 31.9 Å². The van der Waals surface area contributed by atoms with Gasteiger partial charge >= 0.3 is 0 Å². The van der Waals surface area contributed by atoms with Gasteiger partial charge in [0.2, 0.25) is 0 Å². The molecular weight excluding hydrogens is 363 g/mol. The van der Waals surface area contributed by atoms with Crippen molar-refractivity contribution in [3.05, 3.63) is 62.3 Å². The highest BCUT2D eigenvalue weighted by atomic mass is 79.9. The zero-order valence-corrected chi connectivity index (χ0v) is 12.9. The van der Waals surface area contributed by atoms with Crippen molar-refractivity contribution in [3.63, 3.8) is 0 Å². The second-order valence-corrected chi connectivity index (χ2v) is 5.81. The van der Waals surface area contributed by atoms with Crippen LogP contribution in [0.5, 0.6) is 5.75 Å². The molecule has 0 aliphatic carbocycles. The monoisotopic (exact) mass is 372 g/mol. The predicted molar refractivity (Wildman–Crippen MR) is 77.3 cm³/mol. The molecular formula is C14H11Br2FO. The lowest BCUT2D eigenvalue weighted by atomic mass is 10.2. The summed E-state index contributed by atoms with van der Waals surface area (Å²) in [7, 11) is 0. The highest BCUT2D eigenvalue weighted by Gasteiger charge is 2.03. The highest BCUT2D eigenvalue weighted by Crippen LogP contribution is 2.23. The first-order chi connectivity index (χ1) is 8.54. The van der Waals surface area contributed by atoms with E-state index < -0.39 is 0 Å². The van der Waals surface area contributed by atoms with Gasteiger partial charge in [0.25, 0.3) is 0 Å². The average molecular weight is 374 g/mol. The van der Waals surface area contributed by atoms with Crippen molar-refractivity contribution < 1.29 is 9.13 Å². The fourth-order valence-corrected chi connectivity index (χ4v) is 2.62. The number of ether oxygens (including phenoxy) is 1. The molecule has 0 aliphatic heterocycles. The Morgan fingerprint density at radius 3 is 2.50 bits per heavy atom. The molecule has 0 saturated heterocycles. The Kier molecular flexibility index (Phi) is 4.40. The Labute approximate surface area is 122 Å². The van der Waals surface area contributed by atoms with Crippen molar-refractivity contribution >= 4 is 31.9 Å². The quantitative estimate of drug-likeness (QED) is 0.714. The smallest absolute Gasteiger partial charge is 0.124 e. The summed E-state index contributed by atoms with van der Waals surface area (Å²) in [4.78, 5) is 0. The summed E-state index contributed by atoms with van der Waals surface area (Å²) in [5.41, 5.74) is 1.84. The number of hydrogen-bond donors (Lipinski definition) is 0. The lowest BCUT2D eigenvalue weighted by Crippen LogP contribution is -1.97. The van der Waals surface area contributed by atoms with Crippen molar-refractivity contribution in [2.75, 3.05) is 0 Å². The summed E-state index contributed by atoms with van der Waals surface area (Å²) in [6.07, 6.45) is 0. The maximum atomic E-state index is 13.2. The molecule has 2 rings (SSSR count). The maximum Gasteiger partial charge on any atom is 0.124 e. The molecule has 1 nitrogen and oxygen atoms in total. The molecule has 0 heterocycles. The third kappa shape index (κ3) is 3.56. The summed E-state index contributed by atoms with van der Waals surface area (Å²) < 4.78 is 20.6. The van der Waals surface area contributed by atoms with Gasteiger partial charge in [-0.3, -0.25) is 0 Å². The SMILES string of the molecule is Cc1cc(Br)ccc1OCc1cc(F)cc(Br)c1. The Hall–Kier alpha value is -0.870. The van der Waals surface area contributed by atoms with Gasteiger partial charge in [-0.05, 0) is 54.4 Å². The molecule has 18 heavy (non-hydrogen) atoms. The van der Waals surface area contributed by atoms with Gasteiger partial charge in [0.05, 0.1) is 0 Å². The van der Waals surface area contributed by atoms with Crippen LogP contribution in [0.25, 0.3) is 0 Å². The van der Waals surface area contributed by atoms with Crippen LogP contribution in [-0.4, -0.2) is 0 Å². The van der Waals surface area contributed by atoms with Gasteiger partial charge in [-0.15, -0.1) is 0 Å². The number of hydrogen-bond acceptors (Lipinski definition) is 1. The topological polar surface area (TPSA) is 9.23 Å². The Balaban J connectivity index is 2.11. The first kappa shape index (κ1) is 13.6. The van der Waals surface area contributed by atoms with E-state index in [4.69, 9.17) is 4.74 Å². The Bertz CT molecular complexity index is 549. The van der Waals surface area contributed by atoms with Crippen molar-refractivity contribution in [2.24, 2.45) is 0 Å². The van der Waals surface area contributed by atoms with E-state index >= 15 is 0 Å². The molecule has 2 aromatic rings. The molecule has 0 fully saturated rings. The van der Waals surface area contributed by atoms with Crippen LogP contribution < -0.4 is 4.74 Å². The molecule has 0 radical (unpaired) electrons. The number of benzene rings is 2. The molecule has 0 spiro atoms. The summed E-state index contributed by atoms with van der Waals surface area (Å²) in [5.74, 6) is 0.536. The molecule has 0 aromatic heterocycles. The number of halogens is 3. The summed E-state index contributed by atoms with van der Waals surface area (Å²) in [5, 5.41) is 0. The summed E-state index contributed by atoms with van der Waals surface area (Å²) >= 11 is 6.66. The van der Waals surface area contributed by atoms with Crippen LogP contribution in [0, 0.1) is 12.7 Å². The number of aryl methyl sites for hydroxylation is 1. The van der Waals surface area contributed by atoms with Crippen molar-refractivity contribution in [2.45, 2.75) is 13.5 Å². The van der Waals surface area contributed by atoms with Crippen LogP contribution in [-0.2, 0) is 6.61 Å². The van der Waals surface area contributed by atoms with E-state index in [1.54, 1.807) is 0 Å². The summed E-state index contributed by atoms with van der Waals surface area (Å²) in [6, 6.07) is 10.5. The van der Waals surface area contributed by atoms with E-state index in [9.17, 15) is 4.39 Å². The van der Waals surface area contributed by atoms with Gasteiger partial charge < -0.3 is 4.74 Å². The van der Waals surface area contributed by atoms with Gasteiger partial charge in [0.15, 0.2) is 0 Å². The minimum atomic E-state index is -0.268. The fraction of sp³-hybridized carbons (Fsp3) is 0.143. The second-order valence-electron chi connectivity index (χ2n) is 3.98. The third-order valence-corrected chi connectivity index (χ3v) is 3.40. The molecule has 0 N–H and O–H groups in total. The molecule has 0 atom stereocenters. The highest BCUT2D eigenvalue weighted by molar-refractivity contribution is 9.10. The maximum absolute atomic E-state index is 13.2. The van der Waals surface area contributed by atoms with E-state index in [0.29, 0.717) is 11.1 Å². The van der Waals surface area contributed by atoms with Crippen LogP contribution in [0.15, 0.2) is 45.3 Å². The Morgan fingerprint density at radius 1 is 1.06 bits per heavy atom. The molecule has 94 valence electrons. The Morgan fingerprint density at radius 2 is 1.83 bits per heavy atom. The zero-order chi connectivity index (χ0) is 13.1. The molecule has 0 unspecified atom stereocenters. The van der Waals surface area contributed by atoms with Crippen LogP contribution in [0.4, 0.5) is 4.39 Å². The van der Waals surface area contributed by atoms with E-state index in [-0.39, 0.29) is 5.82 Å².